The van der Waals surface area contributed by atoms with Gasteiger partial charge in [-0.1, -0.05) is 36.4 Å². The molecule has 2 aromatic heterocycles. The van der Waals surface area contributed by atoms with Gasteiger partial charge in [-0.15, -0.1) is 11.3 Å². The summed E-state index contributed by atoms with van der Waals surface area (Å²) in [5, 5.41) is 7.59. The smallest absolute Gasteiger partial charge is 0.274 e. The van der Waals surface area contributed by atoms with Gasteiger partial charge in [-0.3, -0.25) is 14.9 Å². The van der Waals surface area contributed by atoms with Gasteiger partial charge in [-0.2, -0.15) is 0 Å². The lowest BCUT2D eigenvalue weighted by molar-refractivity contribution is 0.101. The second-order valence-corrected chi connectivity index (χ2v) is 7.59. The molecule has 0 bridgehead atoms. The number of benzene rings is 2. The van der Waals surface area contributed by atoms with E-state index in [2.05, 4.69) is 39.6 Å². The maximum atomic E-state index is 12.7. The Hall–Kier alpha value is -3.25. The minimum absolute atomic E-state index is 0.0573. The van der Waals surface area contributed by atoms with Crippen molar-refractivity contribution in [1.82, 2.24) is 9.97 Å². The van der Waals surface area contributed by atoms with Gasteiger partial charge in [-0.25, -0.2) is 4.98 Å². The largest absolute Gasteiger partial charge is 0.354 e. The van der Waals surface area contributed by atoms with Gasteiger partial charge in [0.25, 0.3) is 5.91 Å². The van der Waals surface area contributed by atoms with Crippen molar-refractivity contribution in [3.8, 4) is 11.3 Å². The third kappa shape index (κ3) is 3.23. The van der Waals surface area contributed by atoms with Crippen LogP contribution in [0.15, 0.2) is 47.8 Å². The maximum absolute atomic E-state index is 12.7. The van der Waals surface area contributed by atoms with Crippen molar-refractivity contribution >= 4 is 38.9 Å². The van der Waals surface area contributed by atoms with E-state index >= 15 is 0 Å². The molecule has 0 aliphatic carbocycles. The average Bonchev–Trinajstić information content (AvgIpc) is 3.25. The van der Waals surface area contributed by atoms with Crippen molar-refractivity contribution in [3.63, 3.8) is 0 Å². The number of amides is 1. The van der Waals surface area contributed by atoms with Crippen molar-refractivity contribution in [2.45, 2.75) is 20.8 Å². The number of aromatic nitrogens is 2. The first-order valence-corrected chi connectivity index (χ1v) is 9.78. The Morgan fingerprint density at radius 1 is 1.07 bits per heavy atom. The lowest BCUT2D eigenvalue weighted by Crippen LogP contribution is -2.13. The summed E-state index contributed by atoms with van der Waals surface area (Å²) in [6, 6.07) is 14.3. The predicted molar refractivity (Wildman–Crippen MR) is 113 cm³/mol. The second kappa shape index (κ2) is 7.05. The fourth-order valence-electron chi connectivity index (χ4n) is 3.48. The molecule has 2 aromatic carbocycles. The summed E-state index contributed by atoms with van der Waals surface area (Å²) in [6.07, 6.45) is 0. The SMILES string of the molecule is CC(=O)c1c(C)[nH]c(C(=O)Nc2nc(-c3ccc4ccccc4c3)cs2)c1C. The number of nitrogens with zero attached hydrogens (tertiary/aromatic N) is 1. The van der Waals surface area contributed by atoms with Gasteiger partial charge in [0.2, 0.25) is 0 Å². The van der Waals surface area contributed by atoms with Gasteiger partial charge >= 0.3 is 0 Å². The number of ketones is 1. The number of anilines is 1. The van der Waals surface area contributed by atoms with Crippen LogP contribution < -0.4 is 5.32 Å². The number of hydrogen-bond donors (Lipinski definition) is 2. The van der Waals surface area contributed by atoms with Crippen LogP contribution in [0, 0.1) is 13.8 Å². The Balaban J connectivity index is 1.59. The number of carbonyl (C=O) groups excluding carboxylic acids is 2. The van der Waals surface area contributed by atoms with Gasteiger partial charge in [-0.05, 0) is 43.2 Å². The van der Waals surface area contributed by atoms with E-state index in [9.17, 15) is 9.59 Å². The Kier molecular flexibility index (Phi) is 4.57. The Bertz CT molecular complexity index is 1220. The summed E-state index contributed by atoms with van der Waals surface area (Å²) in [4.78, 5) is 32.0. The Labute approximate surface area is 166 Å². The van der Waals surface area contributed by atoms with Crippen molar-refractivity contribution in [2.24, 2.45) is 0 Å². The molecule has 5 nitrogen and oxygen atoms in total. The fraction of sp³-hybridized carbons (Fsp3) is 0.136. The van der Waals surface area contributed by atoms with Crippen LogP contribution in [0.3, 0.4) is 0 Å². The minimum Gasteiger partial charge on any atom is -0.354 e. The lowest BCUT2D eigenvalue weighted by Gasteiger charge is -2.02. The molecule has 28 heavy (non-hydrogen) atoms. The number of thiazole rings is 1. The van der Waals surface area contributed by atoms with Gasteiger partial charge in [0.15, 0.2) is 10.9 Å². The number of fused-ring (bicyclic) bond motifs is 1. The molecule has 0 fully saturated rings. The van der Waals surface area contributed by atoms with Crippen molar-refractivity contribution in [3.05, 3.63) is 70.4 Å². The van der Waals surface area contributed by atoms with Crippen LogP contribution in [0.5, 0.6) is 0 Å². The van der Waals surface area contributed by atoms with Gasteiger partial charge in [0.1, 0.15) is 5.69 Å². The first-order valence-electron chi connectivity index (χ1n) is 8.90. The third-order valence-corrected chi connectivity index (χ3v) is 5.54. The summed E-state index contributed by atoms with van der Waals surface area (Å²) in [5.74, 6) is -0.356. The zero-order valence-corrected chi connectivity index (χ0v) is 16.6. The average molecular weight is 389 g/mol. The van der Waals surface area contributed by atoms with Gasteiger partial charge in [0.05, 0.1) is 5.69 Å². The second-order valence-electron chi connectivity index (χ2n) is 6.74. The van der Waals surface area contributed by atoms with E-state index < -0.39 is 0 Å². The standard InChI is InChI=1S/C22H19N3O2S/c1-12-19(14(3)26)13(2)23-20(12)21(27)25-22-24-18(11-28-22)17-9-8-15-6-4-5-7-16(15)10-17/h4-11,23H,1-3H3,(H,24,25,27). The zero-order valence-electron chi connectivity index (χ0n) is 15.8. The highest BCUT2D eigenvalue weighted by atomic mass is 32.1. The Morgan fingerprint density at radius 2 is 1.82 bits per heavy atom. The van der Waals surface area contributed by atoms with Gasteiger partial charge in [0, 0.05) is 22.2 Å². The number of aryl methyl sites for hydroxylation is 1. The van der Waals surface area contributed by atoms with Crippen LogP contribution in [-0.4, -0.2) is 21.7 Å². The number of rotatable bonds is 4. The molecule has 0 atom stereocenters. The molecule has 2 N–H and O–H groups in total. The molecule has 0 aliphatic rings. The molecular weight excluding hydrogens is 370 g/mol. The monoisotopic (exact) mass is 389 g/mol. The lowest BCUT2D eigenvalue weighted by atomic mass is 10.1. The van der Waals surface area contributed by atoms with Crippen LogP contribution in [0.1, 0.15) is 39.0 Å². The quantitative estimate of drug-likeness (QED) is 0.461. The summed E-state index contributed by atoms with van der Waals surface area (Å²) >= 11 is 1.37. The van der Waals surface area contributed by atoms with Crippen molar-refractivity contribution < 1.29 is 9.59 Å². The predicted octanol–water partition coefficient (Wildman–Crippen LogP) is 5.36. The summed E-state index contributed by atoms with van der Waals surface area (Å²) < 4.78 is 0. The van der Waals surface area contributed by atoms with Crippen LogP contribution in [-0.2, 0) is 0 Å². The van der Waals surface area contributed by atoms with Gasteiger partial charge < -0.3 is 4.98 Å². The molecule has 0 saturated carbocycles. The molecule has 0 aliphatic heterocycles. The first kappa shape index (κ1) is 18.1. The number of aromatic amines is 1. The van der Waals surface area contributed by atoms with Crippen LogP contribution in [0.4, 0.5) is 5.13 Å². The number of hydrogen-bond acceptors (Lipinski definition) is 4. The molecule has 140 valence electrons. The molecule has 1 amide bonds. The highest BCUT2D eigenvalue weighted by molar-refractivity contribution is 7.14. The molecule has 2 heterocycles. The summed E-state index contributed by atoms with van der Waals surface area (Å²) in [5.41, 5.74) is 4.14. The fourth-order valence-corrected chi connectivity index (χ4v) is 4.19. The minimum atomic E-state index is -0.299. The van der Waals surface area contributed by atoms with Crippen LogP contribution >= 0.6 is 11.3 Å². The van der Waals surface area contributed by atoms with E-state index in [-0.39, 0.29) is 11.7 Å². The van der Waals surface area contributed by atoms with Crippen molar-refractivity contribution in [2.75, 3.05) is 5.32 Å². The molecule has 0 spiro atoms. The molecular formula is C22H19N3O2S. The highest BCUT2D eigenvalue weighted by Gasteiger charge is 2.20. The van der Waals surface area contributed by atoms with E-state index in [1.165, 1.54) is 23.6 Å². The number of nitrogens with one attached hydrogen (secondary N) is 2. The van der Waals surface area contributed by atoms with Crippen LogP contribution in [0.25, 0.3) is 22.0 Å². The highest BCUT2D eigenvalue weighted by Crippen LogP contribution is 2.28. The van der Waals surface area contributed by atoms with E-state index in [1.54, 1.807) is 13.8 Å². The molecule has 6 heteroatoms. The zero-order chi connectivity index (χ0) is 19.8. The first-order chi connectivity index (χ1) is 13.4. The van der Waals surface area contributed by atoms with Crippen LogP contribution in [0.2, 0.25) is 0 Å². The molecule has 0 unspecified atom stereocenters. The molecule has 0 radical (unpaired) electrons. The number of carbonyl (C=O) groups is 2. The van der Waals surface area contributed by atoms with Crippen molar-refractivity contribution in [1.29, 1.82) is 0 Å². The van der Waals surface area contributed by atoms with E-state index in [0.29, 0.717) is 27.6 Å². The normalized spacial score (nSPS) is 11.0. The van der Waals surface area contributed by atoms with E-state index in [4.69, 9.17) is 0 Å². The number of Topliss-reactive ketones (excluding diaryl/α,β-unsaturated/α-hetero) is 1. The summed E-state index contributed by atoms with van der Waals surface area (Å²) in [7, 11) is 0. The maximum Gasteiger partial charge on any atom is 0.274 e. The molecule has 4 aromatic rings. The van der Waals surface area contributed by atoms with E-state index in [1.807, 2.05) is 23.6 Å². The molecule has 4 rings (SSSR count). The Morgan fingerprint density at radius 3 is 2.54 bits per heavy atom. The topological polar surface area (TPSA) is 74.8 Å². The number of H-pyrrole nitrogens is 1. The third-order valence-electron chi connectivity index (χ3n) is 4.79. The summed E-state index contributed by atoms with van der Waals surface area (Å²) in [6.45, 7) is 5.07. The van der Waals surface area contributed by atoms with E-state index in [0.717, 1.165) is 16.6 Å². The molecule has 0 saturated heterocycles.